The molecule has 0 unspecified atom stereocenters. The van der Waals surface area contributed by atoms with Crippen LogP contribution in [0.4, 0.5) is 0 Å². The van der Waals surface area contributed by atoms with Crippen LogP contribution in [0.15, 0.2) is 86.0 Å². The fourth-order valence-electron chi connectivity index (χ4n) is 5.94. The first-order valence-corrected chi connectivity index (χ1v) is 13.0. The van der Waals surface area contributed by atoms with Gasteiger partial charge in [-0.05, 0) is 81.3 Å². The smallest absolute Gasteiger partial charge is 0.160 e. The van der Waals surface area contributed by atoms with E-state index < -0.39 is 0 Å². The molecule has 0 spiro atoms. The normalized spacial score (nSPS) is 12.1. The summed E-state index contributed by atoms with van der Waals surface area (Å²) >= 11 is 0. The first kappa shape index (κ1) is 25.1. The van der Waals surface area contributed by atoms with Gasteiger partial charge in [-0.1, -0.05) is 105 Å². The lowest BCUT2D eigenvalue weighted by atomic mass is 9.80. The van der Waals surface area contributed by atoms with E-state index in [4.69, 9.17) is 0 Å². The van der Waals surface area contributed by atoms with Crippen molar-refractivity contribution in [1.29, 1.82) is 0 Å². The molecule has 0 saturated carbocycles. The van der Waals surface area contributed by atoms with Gasteiger partial charge in [0.1, 0.15) is 0 Å². The number of carbonyl (C=O) groups is 2. The second kappa shape index (κ2) is 10.1. The molecule has 0 fully saturated rings. The van der Waals surface area contributed by atoms with Gasteiger partial charge in [-0.15, -0.1) is 0 Å². The molecular weight excluding hydrogens is 464 g/mol. The van der Waals surface area contributed by atoms with Gasteiger partial charge in [-0.2, -0.15) is 0 Å². The number of ketones is 1. The molecule has 186 valence electrons. The summed E-state index contributed by atoms with van der Waals surface area (Å²) in [5.41, 5.74) is 11.7. The Morgan fingerprint density at radius 2 is 1.53 bits per heavy atom. The maximum Gasteiger partial charge on any atom is 0.160 e. The number of allylic oxidation sites excluding steroid dienone is 4. The van der Waals surface area contributed by atoms with Crippen molar-refractivity contribution < 1.29 is 9.59 Å². The number of benzene rings is 4. The molecule has 1 aliphatic rings. The van der Waals surface area contributed by atoms with Gasteiger partial charge in [0.25, 0.3) is 0 Å². The van der Waals surface area contributed by atoms with Crippen LogP contribution in [0.3, 0.4) is 0 Å². The minimum atomic E-state index is -0.0599. The Morgan fingerprint density at radius 1 is 0.842 bits per heavy atom. The van der Waals surface area contributed by atoms with Crippen molar-refractivity contribution in [2.24, 2.45) is 0 Å². The fourth-order valence-corrected chi connectivity index (χ4v) is 5.94. The van der Waals surface area contributed by atoms with Crippen molar-refractivity contribution in [2.75, 3.05) is 0 Å². The molecular formula is C36H30O2. The van der Waals surface area contributed by atoms with E-state index in [0.29, 0.717) is 11.1 Å². The van der Waals surface area contributed by atoms with Gasteiger partial charge in [-0.25, -0.2) is 0 Å². The van der Waals surface area contributed by atoms with Crippen molar-refractivity contribution in [3.63, 3.8) is 0 Å². The van der Waals surface area contributed by atoms with Crippen LogP contribution in [-0.4, -0.2) is 12.1 Å². The van der Waals surface area contributed by atoms with E-state index in [2.05, 4.69) is 50.4 Å². The summed E-state index contributed by atoms with van der Waals surface area (Å²) < 4.78 is 0. The number of hydrogen-bond donors (Lipinski definition) is 0. The molecule has 0 aromatic heterocycles. The minimum absolute atomic E-state index is 0.0599. The van der Waals surface area contributed by atoms with Crippen LogP contribution >= 0.6 is 0 Å². The Labute approximate surface area is 224 Å². The van der Waals surface area contributed by atoms with Crippen LogP contribution < -0.4 is 0 Å². The quantitative estimate of drug-likeness (QED) is 0.122. The highest BCUT2D eigenvalue weighted by atomic mass is 16.1. The van der Waals surface area contributed by atoms with Crippen molar-refractivity contribution in [1.82, 2.24) is 0 Å². The van der Waals surface area contributed by atoms with E-state index >= 15 is 0 Å². The van der Waals surface area contributed by atoms with Crippen LogP contribution in [0.5, 0.6) is 0 Å². The number of rotatable bonds is 8. The summed E-state index contributed by atoms with van der Waals surface area (Å²) in [6.07, 6.45) is 12.0. The topological polar surface area (TPSA) is 34.1 Å². The van der Waals surface area contributed by atoms with Crippen LogP contribution in [0.2, 0.25) is 0 Å². The molecule has 5 rings (SSSR count). The van der Waals surface area contributed by atoms with E-state index in [-0.39, 0.29) is 5.78 Å². The fraction of sp³-hybridized carbons (Fsp3) is 0.111. The number of carbonyl (C=O) groups excluding carboxylic acids is 2. The molecule has 2 nitrogen and oxygen atoms in total. The number of fused-ring (bicyclic) bond motifs is 3. The van der Waals surface area contributed by atoms with Crippen LogP contribution in [0.1, 0.15) is 64.6 Å². The standard InChI is InChI=1S/C36H30O2/c1-6-13-23(14-7-2)31-26(8-3)27(9-4)32(24-15-11-10-12-16-24)36-30-20-19-28(22(5)38)33-25(21-37)17-18-29(34(30)33)35(31)36/h6,8-21H,3-4,7H2,1-2,5H3/b13-6-,23-14+. The Balaban J connectivity index is 2.11. The third-order valence-electron chi connectivity index (χ3n) is 7.35. The van der Waals surface area contributed by atoms with Crippen molar-refractivity contribution in [2.45, 2.75) is 27.2 Å². The van der Waals surface area contributed by atoms with E-state index in [0.717, 1.165) is 79.1 Å². The van der Waals surface area contributed by atoms with Crippen LogP contribution in [0, 0.1) is 0 Å². The van der Waals surface area contributed by atoms with Gasteiger partial charge >= 0.3 is 0 Å². The minimum Gasteiger partial charge on any atom is -0.298 e. The summed E-state index contributed by atoms with van der Waals surface area (Å²) in [5, 5.41) is 1.67. The molecule has 1 aliphatic carbocycles. The third-order valence-corrected chi connectivity index (χ3v) is 7.35. The van der Waals surface area contributed by atoms with E-state index in [1.54, 1.807) is 6.92 Å². The lowest BCUT2D eigenvalue weighted by molar-refractivity contribution is 0.101. The molecule has 0 atom stereocenters. The molecule has 0 heterocycles. The summed E-state index contributed by atoms with van der Waals surface area (Å²) in [7, 11) is 0. The van der Waals surface area contributed by atoms with Gasteiger partial charge in [0, 0.05) is 16.5 Å². The molecule has 0 amide bonds. The van der Waals surface area contributed by atoms with E-state index in [9.17, 15) is 9.59 Å². The molecule has 0 radical (unpaired) electrons. The lowest BCUT2D eigenvalue weighted by Crippen LogP contribution is -2.00. The molecule has 0 aliphatic heterocycles. The summed E-state index contributed by atoms with van der Waals surface area (Å²) in [5.74, 6) is -0.0599. The zero-order valence-corrected chi connectivity index (χ0v) is 22.1. The van der Waals surface area contributed by atoms with Crippen molar-refractivity contribution in [3.8, 4) is 33.4 Å². The van der Waals surface area contributed by atoms with Gasteiger partial charge in [0.15, 0.2) is 12.1 Å². The number of Topliss-reactive ketones (excluding diaryl/α,β-unsaturated/α-hetero) is 1. The second-order valence-corrected chi connectivity index (χ2v) is 9.46. The van der Waals surface area contributed by atoms with E-state index in [1.165, 1.54) is 0 Å². The molecule has 4 aromatic carbocycles. The van der Waals surface area contributed by atoms with Gasteiger partial charge in [0.05, 0.1) is 0 Å². The number of hydrogen-bond acceptors (Lipinski definition) is 2. The van der Waals surface area contributed by atoms with Crippen LogP contribution in [-0.2, 0) is 0 Å². The lowest BCUT2D eigenvalue weighted by Gasteiger charge is -2.23. The van der Waals surface area contributed by atoms with Crippen molar-refractivity contribution >= 4 is 40.6 Å². The molecule has 38 heavy (non-hydrogen) atoms. The van der Waals surface area contributed by atoms with Crippen LogP contribution in [0.25, 0.3) is 61.9 Å². The Bertz CT molecular complexity index is 1710. The summed E-state index contributed by atoms with van der Waals surface area (Å²) in [6.45, 7) is 14.2. The second-order valence-electron chi connectivity index (χ2n) is 9.46. The maximum atomic E-state index is 12.7. The SMILES string of the molecule is C=Cc1c(C=C)c(-c2ccccc2)c2c(c1C(/C=C\C)=C/CC)-c1ccc(C=O)c3c(C(C)=O)ccc-2c13. The summed E-state index contributed by atoms with van der Waals surface area (Å²) in [4.78, 5) is 24.9. The average Bonchev–Trinajstić information content (AvgIpc) is 3.27. The van der Waals surface area contributed by atoms with Gasteiger partial charge < -0.3 is 0 Å². The monoisotopic (exact) mass is 494 g/mol. The zero-order valence-electron chi connectivity index (χ0n) is 22.1. The largest absolute Gasteiger partial charge is 0.298 e. The Kier molecular flexibility index (Phi) is 6.65. The summed E-state index contributed by atoms with van der Waals surface area (Å²) in [6, 6.07) is 18.1. The Hall–Kier alpha value is -4.56. The molecule has 4 aromatic rings. The zero-order chi connectivity index (χ0) is 27.0. The molecule has 0 saturated heterocycles. The first-order valence-electron chi connectivity index (χ1n) is 13.0. The molecule has 0 bridgehead atoms. The molecule has 2 heteroatoms. The maximum absolute atomic E-state index is 12.7. The average molecular weight is 495 g/mol. The molecule has 0 N–H and O–H groups in total. The highest BCUT2D eigenvalue weighted by molar-refractivity contribution is 6.27. The Morgan fingerprint density at radius 3 is 2.13 bits per heavy atom. The third kappa shape index (κ3) is 3.64. The predicted molar refractivity (Wildman–Crippen MR) is 162 cm³/mol. The van der Waals surface area contributed by atoms with Gasteiger partial charge in [-0.3, -0.25) is 9.59 Å². The highest BCUT2D eigenvalue weighted by Gasteiger charge is 2.33. The van der Waals surface area contributed by atoms with Gasteiger partial charge in [0.2, 0.25) is 0 Å². The first-order chi connectivity index (χ1) is 18.5. The number of aldehydes is 1. The van der Waals surface area contributed by atoms with E-state index in [1.807, 2.05) is 61.5 Å². The predicted octanol–water partition coefficient (Wildman–Crippen LogP) is 9.82. The van der Waals surface area contributed by atoms with Crippen molar-refractivity contribution in [3.05, 3.63) is 114 Å². The highest BCUT2D eigenvalue weighted by Crippen LogP contribution is 2.57.